The highest BCUT2D eigenvalue weighted by Crippen LogP contribution is 2.24. The third kappa shape index (κ3) is 2.96. The molecule has 2 rings (SSSR count). The van der Waals surface area contributed by atoms with Crippen molar-refractivity contribution in [2.75, 3.05) is 40.0 Å². The number of hydrogen-bond donors (Lipinski definition) is 0. The van der Waals surface area contributed by atoms with E-state index in [1.807, 2.05) is 0 Å². The minimum absolute atomic E-state index is 0.0473. The third-order valence-corrected chi connectivity index (χ3v) is 4.15. The van der Waals surface area contributed by atoms with Gasteiger partial charge in [-0.1, -0.05) is 0 Å². The smallest absolute Gasteiger partial charge is 0.254 e. The average Bonchev–Trinajstić information content (AvgIpc) is 2.95. The molecule has 2 saturated heterocycles. The second-order valence-electron chi connectivity index (χ2n) is 5.81. The minimum atomic E-state index is -0.881. The monoisotopic (exact) mass is 284 g/mol. The van der Waals surface area contributed by atoms with Gasteiger partial charge in [0, 0.05) is 26.7 Å². The van der Waals surface area contributed by atoms with Gasteiger partial charge in [0.1, 0.15) is 11.6 Å². The molecule has 0 aromatic heterocycles. The quantitative estimate of drug-likeness (QED) is 0.746. The van der Waals surface area contributed by atoms with Crippen LogP contribution in [0, 0.1) is 0 Å². The Morgan fingerprint density at radius 3 is 2.45 bits per heavy atom. The molecule has 0 aromatic rings. The van der Waals surface area contributed by atoms with Crippen LogP contribution in [0.2, 0.25) is 0 Å². The summed E-state index contributed by atoms with van der Waals surface area (Å²) in [7, 11) is 1.52. The molecule has 1 unspecified atom stereocenters. The van der Waals surface area contributed by atoms with E-state index < -0.39 is 5.60 Å². The largest absolute Gasteiger partial charge is 0.378 e. The predicted molar refractivity (Wildman–Crippen MR) is 73.2 cm³/mol. The molecule has 0 spiro atoms. The van der Waals surface area contributed by atoms with Crippen LogP contribution in [-0.4, -0.2) is 73.2 Å². The Bertz CT molecular complexity index is 377. The van der Waals surface area contributed by atoms with Crippen LogP contribution >= 0.6 is 0 Å². The summed E-state index contributed by atoms with van der Waals surface area (Å²) in [6.45, 7) is 6.50. The molecule has 114 valence electrons. The lowest BCUT2D eigenvalue weighted by Crippen LogP contribution is -2.55. The van der Waals surface area contributed by atoms with Gasteiger partial charge in [0.2, 0.25) is 5.91 Å². The fourth-order valence-corrected chi connectivity index (χ4v) is 2.69. The van der Waals surface area contributed by atoms with E-state index in [0.29, 0.717) is 32.8 Å². The Kier molecular flexibility index (Phi) is 4.65. The molecule has 6 nitrogen and oxygen atoms in total. The highest BCUT2D eigenvalue weighted by molar-refractivity contribution is 5.91. The van der Waals surface area contributed by atoms with Crippen LogP contribution in [-0.2, 0) is 19.1 Å². The molecule has 0 N–H and O–H groups in total. The van der Waals surface area contributed by atoms with E-state index in [-0.39, 0.29) is 17.9 Å². The Balaban J connectivity index is 2.06. The topological polar surface area (TPSA) is 59.1 Å². The normalized spacial score (nSPS) is 24.1. The summed E-state index contributed by atoms with van der Waals surface area (Å²) in [5, 5.41) is 0. The number of rotatable bonds is 3. The minimum Gasteiger partial charge on any atom is -0.378 e. The van der Waals surface area contributed by atoms with Crippen molar-refractivity contribution in [3.05, 3.63) is 0 Å². The molecule has 1 atom stereocenters. The molecular formula is C14H24N2O4. The van der Waals surface area contributed by atoms with Crippen molar-refractivity contribution in [2.45, 2.75) is 38.3 Å². The summed E-state index contributed by atoms with van der Waals surface area (Å²) in [5.74, 6) is -0.0600. The first-order valence-corrected chi connectivity index (χ1v) is 7.20. The number of nitrogens with zero attached hydrogens (tertiary/aromatic N) is 2. The van der Waals surface area contributed by atoms with E-state index >= 15 is 0 Å². The van der Waals surface area contributed by atoms with Crippen LogP contribution in [0.25, 0.3) is 0 Å². The van der Waals surface area contributed by atoms with Crippen molar-refractivity contribution in [3.63, 3.8) is 0 Å². The summed E-state index contributed by atoms with van der Waals surface area (Å²) in [5.41, 5.74) is -0.881. The molecule has 0 aromatic carbocycles. The summed E-state index contributed by atoms with van der Waals surface area (Å²) in [6, 6.07) is -0.338. The van der Waals surface area contributed by atoms with E-state index in [1.165, 1.54) is 7.11 Å². The lowest BCUT2D eigenvalue weighted by atomic mass is 10.1. The Hall–Kier alpha value is -1.14. The molecule has 2 heterocycles. The highest BCUT2D eigenvalue weighted by Gasteiger charge is 2.42. The van der Waals surface area contributed by atoms with E-state index in [4.69, 9.17) is 9.47 Å². The van der Waals surface area contributed by atoms with Crippen LogP contribution in [0.3, 0.4) is 0 Å². The summed E-state index contributed by atoms with van der Waals surface area (Å²) in [6.07, 6.45) is 1.61. The molecule has 0 radical (unpaired) electrons. The highest BCUT2D eigenvalue weighted by atomic mass is 16.5. The van der Waals surface area contributed by atoms with Gasteiger partial charge in [-0.15, -0.1) is 0 Å². The van der Waals surface area contributed by atoms with Gasteiger partial charge in [0.05, 0.1) is 13.2 Å². The molecule has 2 amide bonds. The molecule has 0 bridgehead atoms. The lowest BCUT2D eigenvalue weighted by molar-refractivity contribution is -0.157. The van der Waals surface area contributed by atoms with Gasteiger partial charge in [0.25, 0.3) is 5.91 Å². The Morgan fingerprint density at radius 2 is 1.85 bits per heavy atom. The SMILES string of the molecule is COC(C)(C)C(=O)N1CCCC1C(=O)N1CCOCC1. The maximum absolute atomic E-state index is 12.6. The van der Waals surface area contributed by atoms with Gasteiger partial charge in [-0.05, 0) is 26.7 Å². The zero-order valence-corrected chi connectivity index (χ0v) is 12.6. The van der Waals surface area contributed by atoms with Gasteiger partial charge in [-0.3, -0.25) is 9.59 Å². The van der Waals surface area contributed by atoms with Crippen LogP contribution in [0.5, 0.6) is 0 Å². The van der Waals surface area contributed by atoms with Gasteiger partial charge >= 0.3 is 0 Å². The van der Waals surface area contributed by atoms with Gasteiger partial charge in [-0.25, -0.2) is 0 Å². The van der Waals surface area contributed by atoms with Crippen molar-refractivity contribution in [2.24, 2.45) is 0 Å². The van der Waals surface area contributed by atoms with E-state index in [9.17, 15) is 9.59 Å². The molecule has 20 heavy (non-hydrogen) atoms. The van der Waals surface area contributed by atoms with Crippen LogP contribution in [0.1, 0.15) is 26.7 Å². The summed E-state index contributed by atoms with van der Waals surface area (Å²) in [4.78, 5) is 28.6. The number of likely N-dealkylation sites (tertiary alicyclic amines) is 1. The maximum atomic E-state index is 12.6. The average molecular weight is 284 g/mol. The summed E-state index contributed by atoms with van der Waals surface area (Å²) >= 11 is 0. The number of carbonyl (C=O) groups excluding carboxylic acids is 2. The van der Waals surface area contributed by atoms with Crippen molar-refractivity contribution in [3.8, 4) is 0 Å². The van der Waals surface area contributed by atoms with Gasteiger partial charge in [-0.2, -0.15) is 0 Å². The third-order valence-electron chi connectivity index (χ3n) is 4.15. The lowest BCUT2D eigenvalue weighted by Gasteiger charge is -2.35. The molecule has 0 saturated carbocycles. The number of ether oxygens (including phenoxy) is 2. The fourth-order valence-electron chi connectivity index (χ4n) is 2.69. The second kappa shape index (κ2) is 6.10. The first kappa shape index (κ1) is 15.3. The van der Waals surface area contributed by atoms with Gasteiger partial charge in [0.15, 0.2) is 0 Å². The van der Waals surface area contributed by atoms with Crippen molar-refractivity contribution < 1.29 is 19.1 Å². The number of amides is 2. The van der Waals surface area contributed by atoms with Crippen molar-refractivity contribution in [1.82, 2.24) is 9.80 Å². The number of methoxy groups -OCH3 is 1. The zero-order chi connectivity index (χ0) is 14.8. The number of carbonyl (C=O) groups is 2. The zero-order valence-electron chi connectivity index (χ0n) is 12.6. The van der Waals surface area contributed by atoms with Gasteiger partial charge < -0.3 is 19.3 Å². The predicted octanol–water partition coefficient (Wildman–Crippen LogP) is 0.261. The second-order valence-corrected chi connectivity index (χ2v) is 5.81. The van der Waals surface area contributed by atoms with Crippen LogP contribution in [0.4, 0.5) is 0 Å². The summed E-state index contributed by atoms with van der Waals surface area (Å²) < 4.78 is 10.5. The maximum Gasteiger partial charge on any atom is 0.254 e. The molecule has 6 heteroatoms. The molecular weight excluding hydrogens is 260 g/mol. The molecule has 2 aliphatic rings. The Labute approximate surface area is 120 Å². The van der Waals surface area contributed by atoms with Crippen molar-refractivity contribution >= 4 is 11.8 Å². The van der Waals surface area contributed by atoms with Crippen LogP contribution < -0.4 is 0 Å². The number of hydrogen-bond acceptors (Lipinski definition) is 4. The standard InChI is InChI=1S/C14H24N2O4/c1-14(2,19-3)13(18)16-6-4-5-11(16)12(17)15-7-9-20-10-8-15/h11H,4-10H2,1-3H3. The van der Waals surface area contributed by atoms with E-state index in [1.54, 1.807) is 23.6 Å². The van der Waals surface area contributed by atoms with E-state index in [0.717, 1.165) is 12.8 Å². The van der Waals surface area contributed by atoms with E-state index in [2.05, 4.69) is 0 Å². The molecule has 0 aliphatic carbocycles. The Morgan fingerprint density at radius 1 is 1.20 bits per heavy atom. The first-order chi connectivity index (χ1) is 9.47. The molecule has 2 fully saturated rings. The number of morpholine rings is 1. The first-order valence-electron chi connectivity index (χ1n) is 7.20. The van der Waals surface area contributed by atoms with Crippen molar-refractivity contribution in [1.29, 1.82) is 0 Å². The molecule has 2 aliphatic heterocycles. The van der Waals surface area contributed by atoms with Crippen LogP contribution in [0.15, 0.2) is 0 Å². The fraction of sp³-hybridized carbons (Fsp3) is 0.857.